The average Bonchev–Trinajstić information content (AvgIpc) is 2.87. The van der Waals surface area contributed by atoms with Crippen LogP contribution >= 0.6 is 0 Å². The van der Waals surface area contributed by atoms with Crippen LogP contribution in [0.1, 0.15) is 53.4 Å². The average molecular weight is 501 g/mol. The van der Waals surface area contributed by atoms with Gasteiger partial charge >= 0.3 is 23.9 Å². The minimum atomic E-state index is -0.501. The van der Waals surface area contributed by atoms with Gasteiger partial charge in [-0.15, -0.1) is 0 Å². The van der Waals surface area contributed by atoms with Gasteiger partial charge in [0.25, 0.3) is 0 Å². The third-order valence-electron chi connectivity index (χ3n) is 3.66. The van der Waals surface area contributed by atoms with Crippen LogP contribution in [0.3, 0.4) is 0 Å². The lowest BCUT2D eigenvalue weighted by molar-refractivity contribution is -0.139. The molecule has 9 heteroatoms. The van der Waals surface area contributed by atoms with E-state index in [9.17, 15) is 19.2 Å². The number of carbonyl (C=O) groups excluding carboxylic acids is 4. The van der Waals surface area contributed by atoms with Gasteiger partial charge in [0.05, 0.1) is 26.9 Å². The second kappa shape index (κ2) is 30.8. The molecule has 0 aliphatic rings. The molecule has 0 radical (unpaired) electrons. The van der Waals surface area contributed by atoms with E-state index in [1.165, 1.54) is 26.0 Å². The van der Waals surface area contributed by atoms with Gasteiger partial charge in [0, 0.05) is 23.8 Å². The van der Waals surface area contributed by atoms with Crippen molar-refractivity contribution in [2.75, 3.05) is 33.5 Å². The molecule has 0 fully saturated rings. The molecule has 1 atom stereocenters. The number of carbonyl (C=O) groups is 4. The van der Waals surface area contributed by atoms with Crippen molar-refractivity contribution in [3.63, 3.8) is 0 Å². The van der Waals surface area contributed by atoms with Gasteiger partial charge in [-0.05, 0) is 26.2 Å². The van der Waals surface area contributed by atoms with E-state index < -0.39 is 5.97 Å². The van der Waals surface area contributed by atoms with Crippen molar-refractivity contribution >= 4 is 23.9 Å². The highest BCUT2D eigenvalue weighted by Crippen LogP contribution is 2.12. The van der Waals surface area contributed by atoms with Gasteiger partial charge in [0.2, 0.25) is 0 Å². The molecule has 0 saturated heterocycles. The normalized spacial score (nSPS) is 9.43. The number of unbranched alkanes of at least 4 members (excludes halogenated alkanes) is 1. The van der Waals surface area contributed by atoms with E-state index in [0.29, 0.717) is 24.7 Å². The van der Waals surface area contributed by atoms with Crippen molar-refractivity contribution in [3.8, 4) is 0 Å². The van der Waals surface area contributed by atoms with Crippen molar-refractivity contribution in [3.05, 3.63) is 50.1 Å². The molecule has 0 rings (SSSR count). The number of ether oxygens (including phenoxy) is 4. The Hall–Kier alpha value is -3.20. The van der Waals surface area contributed by atoms with E-state index in [-0.39, 0.29) is 31.1 Å². The summed E-state index contributed by atoms with van der Waals surface area (Å²) >= 11 is 0. The van der Waals surface area contributed by atoms with Gasteiger partial charge in [0.1, 0.15) is 6.61 Å². The number of rotatable bonds is 13. The van der Waals surface area contributed by atoms with Crippen LogP contribution in [0.4, 0.5) is 0 Å². The minimum Gasteiger partial charge on any atom is -0.466 e. The Morgan fingerprint density at radius 2 is 1.37 bits per heavy atom. The molecule has 0 aliphatic carbocycles. The minimum absolute atomic E-state index is 0.0465. The molecule has 0 aromatic carbocycles. The first kappa shape index (κ1) is 39.0. The summed E-state index contributed by atoms with van der Waals surface area (Å²) in [7, 11) is 1.33. The lowest BCUT2D eigenvalue weighted by Crippen LogP contribution is -2.12. The zero-order chi connectivity index (χ0) is 28.1. The number of aliphatic hydroxyl groups is 1. The number of hydrogen-bond acceptors (Lipinski definition) is 9. The molecule has 0 aromatic rings. The van der Waals surface area contributed by atoms with E-state index in [2.05, 4.69) is 54.4 Å². The maximum Gasteiger partial charge on any atom is 0.332 e. The predicted molar refractivity (Wildman–Crippen MR) is 136 cm³/mol. The van der Waals surface area contributed by atoms with Crippen LogP contribution in [0.25, 0.3) is 0 Å². The van der Waals surface area contributed by atoms with Crippen molar-refractivity contribution in [2.45, 2.75) is 53.4 Å². The Labute approximate surface area is 210 Å². The molecular weight excluding hydrogens is 456 g/mol. The number of esters is 4. The number of methoxy groups -OCH3 is 1. The molecule has 0 bridgehead atoms. The molecule has 35 heavy (non-hydrogen) atoms. The fourth-order valence-electron chi connectivity index (χ4n) is 1.74. The van der Waals surface area contributed by atoms with Crippen LogP contribution in [0.5, 0.6) is 0 Å². The molecule has 0 spiro atoms. The molecule has 202 valence electrons. The molecular formula is C26H44O9. The Morgan fingerprint density at radius 1 is 0.886 bits per heavy atom. The van der Waals surface area contributed by atoms with Crippen LogP contribution in [-0.2, 0) is 38.1 Å². The first-order chi connectivity index (χ1) is 16.5. The number of hydrogen-bond donors (Lipinski definition) is 1. The van der Waals surface area contributed by atoms with E-state index in [1.807, 2.05) is 0 Å². The summed E-state index contributed by atoms with van der Waals surface area (Å²) in [5.74, 6) is -1.000. The second-order valence-corrected chi connectivity index (χ2v) is 6.57. The van der Waals surface area contributed by atoms with Crippen molar-refractivity contribution < 1.29 is 43.2 Å². The fraction of sp³-hybridized carbons (Fsp3) is 0.538. The summed E-state index contributed by atoms with van der Waals surface area (Å²) in [5, 5.41) is 8.10. The Bertz CT molecular complexity index is 622. The van der Waals surface area contributed by atoms with Gasteiger partial charge in [-0.1, -0.05) is 59.4 Å². The molecule has 0 heterocycles. The Balaban J connectivity index is -0.000000191. The topological polar surface area (TPSA) is 125 Å². The molecule has 9 nitrogen and oxygen atoms in total. The first-order valence-electron chi connectivity index (χ1n) is 11.3. The van der Waals surface area contributed by atoms with Gasteiger partial charge in [-0.3, -0.25) is 0 Å². The lowest BCUT2D eigenvalue weighted by atomic mass is 10.0. The zero-order valence-corrected chi connectivity index (χ0v) is 22.0. The molecule has 1 unspecified atom stereocenters. The maximum atomic E-state index is 10.8. The molecule has 1 N–H and O–H groups in total. The summed E-state index contributed by atoms with van der Waals surface area (Å²) in [6.45, 7) is 21.6. The van der Waals surface area contributed by atoms with Crippen LogP contribution in [-0.4, -0.2) is 62.5 Å². The van der Waals surface area contributed by atoms with Gasteiger partial charge in [-0.2, -0.15) is 0 Å². The fourth-order valence-corrected chi connectivity index (χ4v) is 1.74. The highest BCUT2D eigenvalue weighted by molar-refractivity contribution is 5.86. The summed E-state index contributed by atoms with van der Waals surface area (Å²) in [6.07, 6.45) is 8.05. The monoisotopic (exact) mass is 500 g/mol. The summed E-state index contributed by atoms with van der Waals surface area (Å²) in [4.78, 5) is 41.1. The third kappa shape index (κ3) is 35.6. The van der Waals surface area contributed by atoms with Gasteiger partial charge in [0.15, 0.2) is 0 Å². The van der Waals surface area contributed by atoms with Crippen LogP contribution in [0.15, 0.2) is 50.1 Å². The molecule has 0 aromatic heterocycles. The summed E-state index contributed by atoms with van der Waals surface area (Å²) < 4.78 is 18.0. The number of aliphatic hydroxyl groups excluding tert-OH is 1. The van der Waals surface area contributed by atoms with Crippen molar-refractivity contribution in [2.24, 2.45) is 5.92 Å². The maximum absolute atomic E-state index is 10.8. The highest BCUT2D eigenvalue weighted by atomic mass is 16.5. The van der Waals surface area contributed by atoms with E-state index in [0.717, 1.165) is 25.0 Å². The summed E-state index contributed by atoms with van der Waals surface area (Å²) in [6, 6.07) is 0. The Kier molecular flexibility index (Phi) is 34.3. The van der Waals surface area contributed by atoms with E-state index in [1.54, 1.807) is 13.8 Å². The molecule has 0 saturated carbocycles. The summed E-state index contributed by atoms with van der Waals surface area (Å²) in [5.41, 5.74) is 0.433. The van der Waals surface area contributed by atoms with Gasteiger partial charge < -0.3 is 24.1 Å². The van der Waals surface area contributed by atoms with Crippen LogP contribution in [0, 0.1) is 5.92 Å². The SMILES string of the molecule is C=C(C)C(=O)OC.C=CC(=O)OCC.C=CC(=O)OCC(CC)CCCC.C=CC(=O)OCCO. The standard InChI is InChI=1S/C11H20O2.C5H8O3.2C5H8O2/c1-4-7-8-10(5-2)9-13-11(12)6-3;1-2-5(7)8-4-3-6;1-4(2)5(6)7-3;1-3-5(6)7-4-2/h6,10H,3-5,7-9H2,1-2H3;2,6H,1,3-4H2;1H2,2-3H3;3H,1,4H2,2H3. The Morgan fingerprint density at radius 3 is 1.66 bits per heavy atom. The van der Waals surface area contributed by atoms with Gasteiger partial charge in [-0.25, -0.2) is 19.2 Å². The smallest absolute Gasteiger partial charge is 0.332 e. The molecule has 0 amide bonds. The third-order valence-corrected chi connectivity index (χ3v) is 3.66. The molecule has 0 aliphatic heterocycles. The van der Waals surface area contributed by atoms with Crippen molar-refractivity contribution in [1.29, 1.82) is 0 Å². The predicted octanol–water partition coefficient (Wildman–Crippen LogP) is 4.11. The largest absolute Gasteiger partial charge is 0.466 e. The first-order valence-corrected chi connectivity index (χ1v) is 11.3. The zero-order valence-electron chi connectivity index (χ0n) is 22.0. The lowest BCUT2D eigenvalue weighted by Gasteiger charge is -2.13. The highest BCUT2D eigenvalue weighted by Gasteiger charge is 2.07. The van der Waals surface area contributed by atoms with Crippen molar-refractivity contribution in [1.82, 2.24) is 0 Å². The van der Waals surface area contributed by atoms with E-state index in [4.69, 9.17) is 9.84 Å². The second-order valence-electron chi connectivity index (χ2n) is 6.57. The van der Waals surface area contributed by atoms with Crippen LogP contribution in [0.2, 0.25) is 0 Å². The quantitative estimate of drug-likeness (QED) is 0.226. The van der Waals surface area contributed by atoms with Crippen LogP contribution < -0.4 is 0 Å². The van der Waals surface area contributed by atoms with E-state index >= 15 is 0 Å².